The molecule has 1 N–H and O–H groups in total. The minimum atomic E-state index is 0.352. The van der Waals surface area contributed by atoms with Gasteiger partial charge in [0.25, 0.3) is 0 Å². The highest BCUT2D eigenvalue weighted by Gasteiger charge is 2.07. The maximum Gasteiger partial charge on any atom is 0.0947 e. The van der Waals surface area contributed by atoms with Crippen molar-refractivity contribution in [1.82, 2.24) is 5.32 Å². The first kappa shape index (κ1) is 11.9. The Balaban J connectivity index is 2.01. The van der Waals surface area contributed by atoms with E-state index in [2.05, 4.69) is 44.3 Å². The lowest BCUT2D eigenvalue weighted by atomic mass is 10.0. The quantitative estimate of drug-likeness (QED) is 0.863. The maximum absolute atomic E-state index is 5.05. The number of hydrogen-bond acceptors (Lipinski definition) is 2. The first-order chi connectivity index (χ1) is 8.16. The third-order valence-corrected chi connectivity index (χ3v) is 3.08. The van der Waals surface area contributed by atoms with Crippen LogP contribution in [0.3, 0.4) is 0 Å². The van der Waals surface area contributed by atoms with Gasteiger partial charge in [-0.3, -0.25) is 0 Å². The van der Waals surface area contributed by atoms with E-state index >= 15 is 0 Å². The van der Waals surface area contributed by atoms with Gasteiger partial charge in [0, 0.05) is 18.2 Å². The van der Waals surface area contributed by atoms with Gasteiger partial charge in [-0.2, -0.15) is 0 Å². The molecule has 1 atom stereocenters. The summed E-state index contributed by atoms with van der Waals surface area (Å²) < 4.78 is 5.05. The molecule has 0 saturated carbocycles. The fourth-order valence-corrected chi connectivity index (χ4v) is 2.09. The Morgan fingerprint density at radius 1 is 1.24 bits per heavy atom. The molecule has 2 nitrogen and oxygen atoms in total. The second kappa shape index (κ2) is 5.19. The number of hydrogen-bond donors (Lipinski definition) is 1. The van der Waals surface area contributed by atoms with E-state index in [-0.39, 0.29) is 0 Å². The normalized spacial score (nSPS) is 12.6. The summed E-state index contributed by atoms with van der Waals surface area (Å²) in [5.41, 5.74) is 5.20. The van der Waals surface area contributed by atoms with Gasteiger partial charge in [-0.15, -0.1) is 0 Å². The maximum atomic E-state index is 5.05. The summed E-state index contributed by atoms with van der Waals surface area (Å²) in [6.45, 7) is 7.32. The average molecular weight is 229 g/mol. The summed E-state index contributed by atoms with van der Waals surface area (Å²) in [4.78, 5) is 0. The van der Waals surface area contributed by atoms with E-state index in [4.69, 9.17) is 4.42 Å². The average Bonchev–Trinajstić information content (AvgIpc) is 2.78. The molecule has 17 heavy (non-hydrogen) atoms. The van der Waals surface area contributed by atoms with Crippen LogP contribution in [-0.4, -0.2) is 0 Å². The van der Waals surface area contributed by atoms with E-state index < -0.39 is 0 Å². The van der Waals surface area contributed by atoms with Gasteiger partial charge in [0.15, 0.2) is 0 Å². The van der Waals surface area contributed by atoms with Crippen LogP contribution in [-0.2, 0) is 6.54 Å². The van der Waals surface area contributed by atoms with Crippen LogP contribution in [0.4, 0.5) is 0 Å². The van der Waals surface area contributed by atoms with Crippen molar-refractivity contribution in [2.45, 2.75) is 33.4 Å². The molecule has 2 aromatic rings. The number of aryl methyl sites for hydroxylation is 2. The Morgan fingerprint density at radius 3 is 2.71 bits per heavy atom. The molecule has 1 aromatic heterocycles. The van der Waals surface area contributed by atoms with E-state index in [1.54, 1.807) is 12.5 Å². The molecule has 0 aliphatic rings. The van der Waals surface area contributed by atoms with Crippen molar-refractivity contribution in [2.75, 3.05) is 0 Å². The molecule has 0 radical (unpaired) electrons. The second-order valence-corrected chi connectivity index (χ2v) is 4.59. The Labute approximate surface area is 103 Å². The second-order valence-electron chi connectivity index (χ2n) is 4.59. The zero-order valence-corrected chi connectivity index (χ0v) is 10.7. The van der Waals surface area contributed by atoms with Crippen LogP contribution >= 0.6 is 0 Å². The molecule has 90 valence electrons. The highest BCUT2D eigenvalue weighted by molar-refractivity contribution is 5.32. The summed E-state index contributed by atoms with van der Waals surface area (Å²) in [7, 11) is 0. The molecule has 0 fully saturated rings. The first-order valence-electron chi connectivity index (χ1n) is 5.98. The molecule has 1 aromatic carbocycles. The van der Waals surface area contributed by atoms with Crippen molar-refractivity contribution in [1.29, 1.82) is 0 Å². The predicted molar refractivity (Wildman–Crippen MR) is 69.9 cm³/mol. The lowest BCUT2D eigenvalue weighted by Crippen LogP contribution is -2.18. The van der Waals surface area contributed by atoms with Gasteiger partial charge in [0.05, 0.1) is 12.5 Å². The Bertz CT molecular complexity index is 474. The van der Waals surface area contributed by atoms with Gasteiger partial charge in [-0.25, -0.2) is 0 Å². The van der Waals surface area contributed by atoms with Crippen molar-refractivity contribution >= 4 is 0 Å². The van der Waals surface area contributed by atoms with Gasteiger partial charge < -0.3 is 9.73 Å². The fourth-order valence-electron chi connectivity index (χ4n) is 2.09. The van der Waals surface area contributed by atoms with Crippen molar-refractivity contribution in [2.24, 2.45) is 0 Å². The summed E-state index contributed by atoms with van der Waals surface area (Å²) in [6.07, 6.45) is 3.49. The van der Waals surface area contributed by atoms with Crippen molar-refractivity contribution in [3.8, 4) is 0 Å². The van der Waals surface area contributed by atoms with Crippen molar-refractivity contribution in [3.63, 3.8) is 0 Å². The van der Waals surface area contributed by atoms with Gasteiger partial charge in [0.2, 0.25) is 0 Å². The Kier molecular flexibility index (Phi) is 3.64. The molecule has 0 bridgehead atoms. The standard InChI is InChI=1S/C15H19NO/c1-11-4-5-15(12(2)8-11)13(3)16-9-14-6-7-17-10-14/h4-8,10,13,16H,9H2,1-3H3. The predicted octanol–water partition coefficient (Wildman–Crippen LogP) is 3.75. The van der Waals surface area contributed by atoms with Crippen LogP contribution in [0, 0.1) is 13.8 Å². The monoisotopic (exact) mass is 229 g/mol. The van der Waals surface area contributed by atoms with Crippen molar-refractivity contribution in [3.05, 3.63) is 59.0 Å². The molecular weight excluding hydrogens is 210 g/mol. The lowest BCUT2D eigenvalue weighted by molar-refractivity contribution is 0.546. The van der Waals surface area contributed by atoms with Crippen LogP contribution in [0.1, 0.15) is 35.2 Å². The molecule has 0 saturated heterocycles. The molecule has 2 heteroatoms. The fraction of sp³-hybridized carbons (Fsp3) is 0.333. The molecule has 1 heterocycles. The van der Waals surface area contributed by atoms with E-state index in [0.717, 1.165) is 6.54 Å². The van der Waals surface area contributed by atoms with Gasteiger partial charge in [-0.1, -0.05) is 23.8 Å². The zero-order chi connectivity index (χ0) is 12.3. The summed E-state index contributed by atoms with van der Waals surface area (Å²) >= 11 is 0. The minimum Gasteiger partial charge on any atom is -0.472 e. The third kappa shape index (κ3) is 2.98. The number of rotatable bonds is 4. The van der Waals surface area contributed by atoms with E-state index in [0.29, 0.717) is 6.04 Å². The van der Waals surface area contributed by atoms with Crippen LogP contribution in [0.2, 0.25) is 0 Å². The molecule has 0 aliphatic heterocycles. The van der Waals surface area contributed by atoms with E-state index in [1.807, 2.05) is 6.07 Å². The summed E-state index contributed by atoms with van der Waals surface area (Å²) in [5, 5.41) is 3.50. The van der Waals surface area contributed by atoms with Crippen molar-refractivity contribution < 1.29 is 4.42 Å². The van der Waals surface area contributed by atoms with E-state index in [1.165, 1.54) is 22.3 Å². The van der Waals surface area contributed by atoms with Crippen LogP contribution in [0.15, 0.2) is 41.2 Å². The topological polar surface area (TPSA) is 25.2 Å². The van der Waals surface area contributed by atoms with Crippen LogP contribution in [0.25, 0.3) is 0 Å². The van der Waals surface area contributed by atoms with Gasteiger partial charge in [0.1, 0.15) is 0 Å². The Hall–Kier alpha value is -1.54. The third-order valence-electron chi connectivity index (χ3n) is 3.08. The highest BCUT2D eigenvalue weighted by Crippen LogP contribution is 2.19. The van der Waals surface area contributed by atoms with Gasteiger partial charge in [-0.05, 0) is 38.0 Å². The number of furan rings is 1. The Morgan fingerprint density at radius 2 is 2.06 bits per heavy atom. The smallest absolute Gasteiger partial charge is 0.0947 e. The molecule has 0 spiro atoms. The van der Waals surface area contributed by atoms with Crippen LogP contribution < -0.4 is 5.32 Å². The molecule has 2 rings (SSSR count). The van der Waals surface area contributed by atoms with E-state index in [9.17, 15) is 0 Å². The van der Waals surface area contributed by atoms with Gasteiger partial charge >= 0.3 is 0 Å². The van der Waals surface area contributed by atoms with Crippen LogP contribution in [0.5, 0.6) is 0 Å². The largest absolute Gasteiger partial charge is 0.472 e. The first-order valence-corrected chi connectivity index (χ1v) is 5.98. The number of benzene rings is 1. The molecule has 0 amide bonds. The SMILES string of the molecule is Cc1ccc(C(C)NCc2ccoc2)c(C)c1. The highest BCUT2D eigenvalue weighted by atomic mass is 16.3. The molecule has 0 aliphatic carbocycles. The molecule has 1 unspecified atom stereocenters. The zero-order valence-electron chi connectivity index (χ0n) is 10.7. The summed E-state index contributed by atoms with van der Waals surface area (Å²) in [6, 6.07) is 8.94. The summed E-state index contributed by atoms with van der Waals surface area (Å²) in [5.74, 6) is 0. The molecular formula is C15H19NO. The minimum absolute atomic E-state index is 0.352. The number of nitrogens with one attached hydrogen (secondary N) is 1. The lowest BCUT2D eigenvalue weighted by Gasteiger charge is -2.16.